The van der Waals surface area contributed by atoms with Crippen molar-refractivity contribution in [1.29, 1.82) is 0 Å². The fourth-order valence-corrected chi connectivity index (χ4v) is 3.45. The summed E-state index contributed by atoms with van der Waals surface area (Å²) in [7, 11) is -3.44. The number of rotatable bonds is 4. The van der Waals surface area contributed by atoms with E-state index in [2.05, 4.69) is 0 Å². The number of carbonyl (C=O) groups excluding carboxylic acids is 1. The lowest BCUT2D eigenvalue weighted by Crippen LogP contribution is -2.30. The highest BCUT2D eigenvalue weighted by molar-refractivity contribution is 7.91. The summed E-state index contributed by atoms with van der Waals surface area (Å²) in [4.78, 5) is 24.8. The molecule has 0 unspecified atom stereocenters. The third-order valence-electron chi connectivity index (χ3n) is 3.73. The van der Waals surface area contributed by atoms with Crippen LogP contribution in [0, 0.1) is 5.92 Å². The minimum atomic E-state index is -3.44. The summed E-state index contributed by atoms with van der Waals surface area (Å²) in [6.07, 6.45) is 0.381. The van der Waals surface area contributed by atoms with Gasteiger partial charge in [0.1, 0.15) is 0 Å². The van der Waals surface area contributed by atoms with Gasteiger partial charge in [0.25, 0.3) is 5.91 Å². The van der Waals surface area contributed by atoms with Crippen LogP contribution < -0.4 is 0 Å². The second kappa shape index (κ2) is 6.26. The third-order valence-corrected chi connectivity index (χ3v) is 5.79. The molecule has 0 aliphatic carbocycles. The molecule has 0 radical (unpaired) electrons. The predicted octanol–water partition coefficient (Wildman–Crippen LogP) is 1.68. The zero-order chi connectivity index (χ0) is 16.5. The van der Waals surface area contributed by atoms with E-state index < -0.39 is 27.6 Å². The largest absolute Gasteiger partial charge is 0.481 e. The molecule has 1 aromatic rings. The van der Waals surface area contributed by atoms with Crippen molar-refractivity contribution < 1.29 is 23.1 Å². The Morgan fingerprint density at radius 2 is 2.09 bits per heavy atom. The Balaban J connectivity index is 2.31. The van der Waals surface area contributed by atoms with E-state index >= 15 is 0 Å². The molecule has 1 N–H and O–H groups in total. The predicted molar refractivity (Wildman–Crippen MR) is 80.8 cm³/mol. The fraction of sp³-hybridized carbons (Fsp3) is 0.429. The first-order valence-corrected chi connectivity index (χ1v) is 8.83. The number of carboxylic acid groups (broad SMARTS) is 1. The molecule has 1 aliphatic heterocycles. The van der Waals surface area contributed by atoms with Gasteiger partial charge in [-0.3, -0.25) is 9.59 Å². The van der Waals surface area contributed by atoms with Crippen LogP contribution in [0.15, 0.2) is 23.1 Å². The summed E-state index contributed by atoms with van der Waals surface area (Å²) in [5.41, 5.74) is 0.0854. The molecule has 0 saturated carbocycles. The summed E-state index contributed by atoms with van der Waals surface area (Å²) >= 11 is 6.00. The van der Waals surface area contributed by atoms with E-state index in [0.29, 0.717) is 13.0 Å². The average molecular weight is 346 g/mol. The molecule has 1 heterocycles. The number of sulfone groups is 1. The molecule has 1 aromatic carbocycles. The first kappa shape index (κ1) is 16.8. The van der Waals surface area contributed by atoms with Crippen molar-refractivity contribution in [1.82, 2.24) is 4.90 Å². The number of likely N-dealkylation sites (tertiary alicyclic amines) is 1. The van der Waals surface area contributed by atoms with Crippen molar-refractivity contribution in [3.63, 3.8) is 0 Å². The molecule has 0 aromatic heterocycles. The number of aliphatic carboxylic acids is 1. The Labute approximate surface area is 133 Å². The monoisotopic (exact) mass is 345 g/mol. The summed E-state index contributed by atoms with van der Waals surface area (Å²) in [5.74, 6) is -2.05. The zero-order valence-electron chi connectivity index (χ0n) is 12.0. The van der Waals surface area contributed by atoms with Crippen molar-refractivity contribution in [2.24, 2.45) is 5.92 Å². The highest BCUT2D eigenvalue weighted by Gasteiger charge is 2.32. The molecule has 1 amide bonds. The fourth-order valence-electron chi connectivity index (χ4n) is 2.35. The lowest BCUT2D eigenvalue weighted by atomic mass is 10.1. The van der Waals surface area contributed by atoms with Gasteiger partial charge in [0.15, 0.2) is 9.84 Å². The van der Waals surface area contributed by atoms with E-state index in [1.807, 2.05) is 0 Å². The van der Waals surface area contributed by atoms with Crippen LogP contribution >= 0.6 is 11.6 Å². The van der Waals surface area contributed by atoms with E-state index in [-0.39, 0.29) is 27.8 Å². The molecule has 6 nitrogen and oxygen atoms in total. The van der Waals surface area contributed by atoms with Gasteiger partial charge in [0.2, 0.25) is 0 Å². The van der Waals surface area contributed by atoms with Gasteiger partial charge in [-0.05, 0) is 24.6 Å². The lowest BCUT2D eigenvalue weighted by molar-refractivity contribution is -0.141. The number of hydrogen-bond donors (Lipinski definition) is 1. The number of carboxylic acids is 1. The number of nitrogens with zero attached hydrogens (tertiary/aromatic N) is 1. The Bertz CT molecular complexity index is 716. The molecule has 120 valence electrons. The van der Waals surface area contributed by atoms with E-state index in [0.717, 1.165) is 0 Å². The van der Waals surface area contributed by atoms with E-state index in [1.54, 1.807) is 0 Å². The van der Waals surface area contributed by atoms with E-state index in [1.165, 1.54) is 30.0 Å². The maximum atomic E-state index is 12.5. The number of benzene rings is 1. The minimum Gasteiger partial charge on any atom is -0.481 e. The third kappa shape index (κ3) is 3.25. The molecule has 22 heavy (non-hydrogen) atoms. The van der Waals surface area contributed by atoms with Crippen molar-refractivity contribution >= 4 is 33.3 Å². The number of halogens is 1. The van der Waals surface area contributed by atoms with E-state index in [4.69, 9.17) is 16.7 Å². The van der Waals surface area contributed by atoms with Crippen LogP contribution in [0.2, 0.25) is 5.02 Å². The molecule has 1 aliphatic rings. The first-order valence-electron chi connectivity index (χ1n) is 6.80. The molecule has 8 heteroatoms. The number of hydrogen-bond acceptors (Lipinski definition) is 4. The van der Waals surface area contributed by atoms with Gasteiger partial charge in [-0.2, -0.15) is 0 Å². The standard InChI is InChI=1S/C14H16ClNO5S/c1-2-22(20,21)10-3-4-12(15)11(7-10)13(17)16-6-5-9(8-16)14(18)19/h3-4,7,9H,2,5-6,8H2,1H3,(H,18,19)/t9-/m0/s1. The van der Waals surface area contributed by atoms with Gasteiger partial charge in [0, 0.05) is 13.1 Å². The Morgan fingerprint density at radius 3 is 2.64 bits per heavy atom. The summed E-state index contributed by atoms with van der Waals surface area (Å²) < 4.78 is 23.8. The highest BCUT2D eigenvalue weighted by atomic mass is 35.5. The van der Waals surface area contributed by atoms with E-state index in [9.17, 15) is 18.0 Å². The lowest BCUT2D eigenvalue weighted by Gasteiger charge is -2.17. The van der Waals surface area contributed by atoms with Crippen LogP contribution in [0.4, 0.5) is 0 Å². The molecule has 2 rings (SSSR count). The Hall–Kier alpha value is -1.60. The molecular weight excluding hydrogens is 330 g/mol. The molecule has 1 atom stereocenters. The van der Waals surface area contributed by atoms with Gasteiger partial charge in [0.05, 0.1) is 27.2 Å². The Kier molecular flexibility index (Phi) is 4.77. The summed E-state index contributed by atoms with van der Waals surface area (Å²) in [5, 5.41) is 9.13. The van der Waals surface area contributed by atoms with Gasteiger partial charge in [-0.25, -0.2) is 8.42 Å². The normalized spacial score (nSPS) is 18.5. The highest BCUT2D eigenvalue weighted by Crippen LogP contribution is 2.25. The second-order valence-corrected chi connectivity index (χ2v) is 7.81. The molecule has 0 bridgehead atoms. The van der Waals surface area contributed by atoms with Crippen LogP contribution in [0.1, 0.15) is 23.7 Å². The quantitative estimate of drug-likeness (QED) is 0.896. The maximum Gasteiger partial charge on any atom is 0.308 e. The van der Waals surface area contributed by atoms with Crippen molar-refractivity contribution in [3.05, 3.63) is 28.8 Å². The second-order valence-electron chi connectivity index (χ2n) is 5.12. The molecule has 1 saturated heterocycles. The molecular formula is C14H16ClNO5S. The van der Waals surface area contributed by atoms with Gasteiger partial charge in [-0.1, -0.05) is 18.5 Å². The minimum absolute atomic E-state index is 0.0386. The summed E-state index contributed by atoms with van der Waals surface area (Å²) in [6.45, 7) is 1.94. The van der Waals surface area contributed by atoms with Gasteiger partial charge < -0.3 is 10.0 Å². The summed E-state index contributed by atoms with van der Waals surface area (Å²) in [6, 6.07) is 4.00. The van der Waals surface area contributed by atoms with Crippen LogP contribution in [0.5, 0.6) is 0 Å². The Morgan fingerprint density at radius 1 is 1.41 bits per heavy atom. The smallest absolute Gasteiger partial charge is 0.308 e. The van der Waals surface area contributed by atoms with Gasteiger partial charge in [-0.15, -0.1) is 0 Å². The first-order chi connectivity index (χ1) is 10.3. The van der Waals surface area contributed by atoms with Crippen molar-refractivity contribution in [2.45, 2.75) is 18.2 Å². The number of amides is 1. The van der Waals surface area contributed by atoms with Crippen molar-refractivity contribution in [2.75, 3.05) is 18.8 Å². The SMILES string of the molecule is CCS(=O)(=O)c1ccc(Cl)c(C(=O)N2CC[C@H](C(=O)O)C2)c1. The maximum absolute atomic E-state index is 12.5. The van der Waals surface area contributed by atoms with Crippen molar-refractivity contribution in [3.8, 4) is 0 Å². The molecule has 0 spiro atoms. The average Bonchev–Trinajstić information content (AvgIpc) is 2.97. The topological polar surface area (TPSA) is 91.8 Å². The van der Waals surface area contributed by atoms with Crippen LogP contribution in [-0.4, -0.2) is 49.1 Å². The zero-order valence-corrected chi connectivity index (χ0v) is 13.5. The molecule has 1 fully saturated rings. The van der Waals surface area contributed by atoms with Crippen LogP contribution in [0.3, 0.4) is 0 Å². The van der Waals surface area contributed by atoms with Crippen LogP contribution in [0.25, 0.3) is 0 Å². The van der Waals surface area contributed by atoms with Crippen LogP contribution in [-0.2, 0) is 14.6 Å². The van der Waals surface area contributed by atoms with Gasteiger partial charge >= 0.3 is 5.97 Å². The number of carbonyl (C=O) groups is 2.